The van der Waals surface area contributed by atoms with Crippen molar-refractivity contribution in [3.8, 4) is 0 Å². The maximum absolute atomic E-state index is 12.7. The van der Waals surface area contributed by atoms with E-state index < -0.39 is 0 Å². The minimum absolute atomic E-state index is 0.0972. The largest absolute Gasteiger partial charge is 0.468 e. The Labute approximate surface area is 93.9 Å². The number of benzene rings is 1. The Kier molecular flexibility index (Phi) is 3.37. The van der Waals surface area contributed by atoms with Crippen LogP contribution in [0.4, 0.5) is 4.39 Å². The van der Waals surface area contributed by atoms with Crippen LogP contribution in [-0.4, -0.2) is 0 Å². The van der Waals surface area contributed by atoms with E-state index in [4.69, 9.17) is 10.2 Å². The van der Waals surface area contributed by atoms with Gasteiger partial charge in [-0.3, -0.25) is 0 Å². The van der Waals surface area contributed by atoms with E-state index in [2.05, 4.69) is 0 Å². The van der Waals surface area contributed by atoms with E-state index in [1.807, 2.05) is 12.1 Å². The third kappa shape index (κ3) is 2.70. The van der Waals surface area contributed by atoms with Crippen molar-refractivity contribution in [1.29, 1.82) is 0 Å². The van der Waals surface area contributed by atoms with Crippen LogP contribution in [0.3, 0.4) is 0 Å². The van der Waals surface area contributed by atoms with Crippen molar-refractivity contribution in [3.63, 3.8) is 0 Å². The maximum atomic E-state index is 12.7. The Balaban J connectivity index is 1.90. The van der Waals surface area contributed by atoms with Crippen LogP contribution in [0, 0.1) is 5.82 Å². The van der Waals surface area contributed by atoms with E-state index >= 15 is 0 Å². The van der Waals surface area contributed by atoms with Crippen LogP contribution in [0.1, 0.15) is 23.8 Å². The lowest BCUT2D eigenvalue weighted by atomic mass is 10.0. The molecule has 84 valence electrons. The molecule has 0 bridgehead atoms. The first-order chi connectivity index (χ1) is 7.75. The molecule has 0 amide bonds. The number of nitrogens with two attached hydrogens (primary N) is 1. The second-order valence-electron chi connectivity index (χ2n) is 3.79. The van der Waals surface area contributed by atoms with Gasteiger partial charge < -0.3 is 10.2 Å². The smallest absolute Gasteiger partial charge is 0.123 e. The Morgan fingerprint density at radius 3 is 2.56 bits per heavy atom. The van der Waals surface area contributed by atoms with Crippen LogP contribution >= 0.6 is 0 Å². The number of aryl methyl sites for hydroxylation is 1. The van der Waals surface area contributed by atoms with Crippen LogP contribution in [0.15, 0.2) is 47.1 Å². The maximum Gasteiger partial charge on any atom is 0.123 e. The molecule has 1 aromatic heterocycles. The summed E-state index contributed by atoms with van der Waals surface area (Å²) in [6.45, 7) is 0. The quantitative estimate of drug-likeness (QED) is 0.858. The highest BCUT2D eigenvalue weighted by atomic mass is 19.1. The SMILES string of the molecule is NC(CCc1ccc(F)cc1)c1ccco1. The summed E-state index contributed by atoms with van der Waals surface area (Å²) in [6, 6.07) is 10.1. The summed E-state index contributed by atoms with van der Waals surface area (Å²) in [6.07, 6.45) is 3.23. The zero-order chi connectivity index (χ0) is 11.4. The van der Waals surface area contributed by atoms with Crippen LogP contribution in [0.5, 0.6) is 0 Å². The van der Waals surface area contributed by atoms with E-state index in [0.717, 1.165) is 24.2 Å². The molecule has 0 saturated carbocycles. The Bertz CT molecular complexity index is 422. The number of hydrogen-bond donors (Lipinski definition) is 1. The van der Waals surface area contributed by atoms with Gasteiger partial charge in [0.25, 0.3) is 0 Å². The molecule has 2 N–H and O–H groups in total. The zero-order valence-electron chi connectivity index (χ0n) is 8.90. The third-order valence-electron chi connectivity index (χ3n) is 2.57. The lowest BCUT2D eigenvalue weighted by molar-refractivity contribution is 0.452. The molecular weight excluding hydrogens is 205 g/mol. The Morgan fingerprint density at radius 2 is 1.94 bits per heavy atom. The molecule has 0 aliphatic rings. The highest BCUT2D eigenvalue weighted by molar-refractivity contribution is 5.16. The van der Waals surface area contributed by atoms with Crippen molar-refractivity contribution in [3.05, 3.63) is 59.8 Å². The first-order valence-corrected chi connectivity index (χ1v) is 5.29. The second kappa shape index (κ2) is 4.94. The first-order valence-electron chi connectivity index (χ1n) is 5.29. The molecule has 0 spiro atoms. The fourth-order valence-electron chi connectivity index (χ4n) is 1.62. The van der Waals surface area contributed by atoms with Gasteiger partial charge in [-0.1, -0.05) is 12.1 Å². The first kappa shape index (κ1) is 10.9. The molecule has 1 unspecified atom stereocenters. The monoisotopic (exact) mass is 219 g/mol. The lowest BCUT2D eigenvalue weighted by Gasteiger charge is -2.08. The highest BCUT2D eigenvalue weighted by Gasteiger charge is 2.08. The van der Waals surface area contributed by atoms with Gasteiger partial charge in [-0.05, 0) is 42.7 Å². The van der Waals surface area contributed by atoms with Gasteiger partial charge in [-0.25, -0.2) is 4.39 Å². The Hall–Kier alpha value is -1.61. The van der Waals surface area contributed by atoms with Crippen LogP contribution in [0.2, 0.25) is 0 Å². The predicted octanol–water partition coefficient (Wildman–Crippen LogP) is 3.05. The molecule has 0 aliphatic carbocycles. The number of hydrogen-bond acceptors (Lipinski definition) is 2. The van der Waals surface area contributed by atoms with Crippen molar-refractivity contribution in [1.82, 2.24) is 0 Å². The van der Waals surface area contributed by atoms with Crippen LogP contribution in [-0.2, 0) is 6.42 Å². The number of halogens is 1. The average Bonchev–Trinajstić information content (AvgIpc) is 2.81. The van der Waals surface area contributed by atoms with Crippen molar-refractivity contribution in [2.24, 2.45) is 5.73 Å². The van der Waals surface area contributed by atoms with Crippen molar-refractivity contribution >= 4 is 0 Å². The average molecular weight is 219 g/mol. The predicted molar refractivity (Wildman–Crippen MR) is 60.4 cm³/mol. The van der Waals surface area contributed by atoms with Gasteiger partial charge in [0.15, 0.2) is 0 Å². The van der Waals surface area contributed by atoms with Crippen molar-refractivity contribution in [2.45, 2.75) is 18.9 Å². The molecule has 16 heavy (non-hydrogen) atoms. The second-order valence-corrected chi connectivity index (χ2v) is 3.79. The fraction of sp³-hybridized carbons (Fsp3) is 0.231. The van der Waals surface area contributed by atoms with E-state index in [1.165, 1.54) is 12.1 Å². The summed E-state index contributed by atoms with van der Waals surface area (Å²) in [7, 11) is 0. The molecular formula is C13H14FNO. The summed E-state index contributed by atoms with van der Waals surface area (Å²) < 4.78 is 17.9. The standard InChI is InChI=1S/C13H14FNO/c14-11-6-3-10(4-7-11)5-8-12(15)13-2-1-9-16-13/h1-4,6-7,9,12H,5,8,15H2. The molecule has 0 radical (unpaired) electrons. The highest BCUT2D eigenvalue weighted by Crippen LogP contribution is 2.17. The van der Waals surface area contributed by atoms with Crippen LogP contribution < -0.4 is 5.73 Å². The number of rotatable bonds is 4. The van der Waals surface area contributed by atoms with Gasteiger partial charge in [0, 0.05) is 0 Å². The zero-order valence-corrected chi connectivity index (χ0v) is 8.90. The van der Waals surface area contributed by atoms with Gasteiger partial charge in [-0.2, -0.15) is 0 Å². The van der Waals surface area contributed by atoms with E-state index in [1.54, 1.807) is 18.4 Å². The summed E-state index contributed by atoms with van der Waals surface area (Å²) >= 11 is 0. The minimum atomic E-state index is -0.209. The Morgan fingerprint density at radius 1 is 1.19 bits per heavy atom. The van der Waals surface area contributed by atoms with Gasteiger partial charge >= 0.3 is 0 Å². The molecule has 1 aromatic carbocycles. The summed E-state index contributed by atoms with van der Waals surface area (Å²) in [5.74, 6) is 0.584. The van der Waals surface area contributed by atoms with E-state index in [0.29, 0.717) is 0 Å². The van der Waals surface area contributed by atoms with E-state index in [-0.39, 0.29) is 11.9 Å². The normalized spacial score (nSPS) is 12.6. The van der Waals surface area contributed by atoms with Gasteiger partial charge in [0.1, 0.15) is 11.6 Å². The number of furan rings is 1. The molecule has 1 atom stereocenters. The molecule has 0 saturated heterocycles. The van der Waals surface area contributed by atoms with Gasteiger partial charge in [0.05, 0.1) is 12.3 Å². The lowest BCUT2D eigenvalue weighted by Crippen LogP contribution is -2.10. The third-order valence-corrected chi connectivity index (χ3v) is 2.57. The summed E-state index contributed by atoms with van der Waals surface area (Å²) in [5, 5.41) is 0. The molecule has 0 aliphatic heterocycles. The minimum Gasteiger partial charge on any atom is -0.468 e. The van der Waals surface area contributed by atoms with Crippen LogP contribution in [0.25, 0.3) is 0 Å². The molecule has 2 aromatic rings. The summed E-state index contributed by atoms with van der Waals surface area (Å²) in [5.41, 5.74) is 7.04. The fourth-order valence-corrected chi connectivity index (χ4v) is 1.62. The molecule has 1 heterocycles. The van der Waals surface area contributed by atoms with Gasteiger partial charge in [-0.15, -0.1) is 0 Å². The van der Waals surface area contributed by atoms with Crippen molar-refractivity contribution < 1.29 is 8.81 Å². The van der Waals surface area contributed by atoms with Gasteiger partial charge in [0.2, 0.25) is 0 Å². The molecule has 0 fully saturated rings. The topological polar surface area (TPSA) is 39.2 Å². The molecule has 2 rings (SSSR count). The van der Waals surface area contributed by atoms with E-state index in [9.17, 15) is 4.39 Å². The summed E-state index contributed by atoms with van der Waals surface area (Å²) in [4.78, 5) is 0. The molecule has 2 nitrogen and oxygen atoms in total. The van der Waals surface area contributed by atoms with Crippen molar-refractivity contribution in [2.75, 3.05) is 0 Å². The molecule has 3 heteroatoms.